The maximum Gasteiger partial charge on any atom is 0.418 e. The Morgan fingerprint density at radius 1 is 1.00 bits per heavy atom. The fourth-order valence-corrected chi connectivity index (χ4v) is 2.36. The highest BCUT2D eigenvalue weighted by Gasteiger charge is 2.33. The number of carbonyl (C=O) groups is 1. The maximum atomic E-state index is 13.0. The number of nitrogens with zero attached hydrogens (tertiary/aromatic N) is 2. The van der Waals surface area contributed by atoms with Crippen molar-refractivity contribution >= 4 is 23.1 Å². The van der Waals surface area contributed by atoms with Gasteiger partial charge in [-0.2, -0.15) is 13.2 Å². The van der Waals surface area contributed by atoms with E-state index in [0.717, 1.165) is 17.3 Å². The summed E-state index contributed by atoms with van der Waals surface area (Å²) in [6.45, 7) is 1.95. The molecule has 0 aliphatic heterocycles. The Bertz CT molecular complexity index is 956. The lowest BCUT2D eigenvalue weighted by molar-refractivity contribution is -0.136. The Balaban J connectivity index is 1.79. The van der Waals surface area contributed by atoms with Crippen LogP contribution in [0.5, 0.6) is 0 Å². The van der Waals surface area contributed by atoms with Gasteiger partial charge in [-0.05, 0) is 31.2 Å². The van der Waals surface area contributed by atoms with Gasteiger partial charge in [0.2, 0.25) is 0 Å². The molecule has 5 nitrogen and oxygen atoms in total. The average molecular weight is 372 g/mol. The summed E-state index contributed by atoms with van der Waals surface area (Å²) in [7, 11) is 0. The van der Waals surface area contributed by atoms with E-state index in [-0.39, 0.29) is 11.4 Å². The summed E-state index contributed by atoms with van der Waals surface area (Å²) >= 11 is 0. The van der Waals surface area contributed by atoms with E-state index in [1.807, 2.05) is 31.2 Å². The van der Waals surface area contributed by atoms with Crippen LogP contribution in [0.2, 0.25) is 0 Å². The standard InChI is InChI=1S/C19H15F3N4O/c1-12-6-8-13(9-7-12)25-17-10-16(23-11-24-17)18(27)26-15-5-3-2-4-14(15)19(20,21)22/h2-11H,1H3,(H,26,27)(H,23,24,25). The molecule has 3 aromatic rings. The molecule has 0 saturated heterocycles. The van der Waals surface area contributed by atoms with Crippen molar-refractivity contribution in [3.8, 4) is 0 Å². The number of amides is 1. The molecule has 1 aromatic heterocycles. The van der Waals surface area contributed by atoms with E-state index >= 15 is 0 Å². The van der Waals surface area contributed by atoms with Gasteiger partial charge >= 0.3 is 6.18 Å². The summed E-state index contributed by atoms with van der Waals surface area (Å²) in [6, 6.07) is 13.6. The number of hydrogen-bond donors (Lipinski definition) is 2. The minimum absolute atomic E-state index is 0.0587. The molecule has 0 aliphatic carbocycles. The Hall–Kier alpha value is -3.42. The highest BCUT2D eigenvalue weighted by atomic mass is 19.4. The second kappa shape index (κ2) is 7.45. The second-order valence-corrected chi connectivity index (χ2v) is 5.78. The molecule has 2 aromatic carbocycles. The molecule has 2 N–H and O–H groups in total. The third kappa shape index (κ3) is 4.60. The van der Waals surface area contributed by atoms with Crippen molar-refractivity contribution in [3.05, 3.63) is 77.7 Å². The average Bonchev–Trinajstić information content (AvgIpc) is 2.63. The van der Waals surface area contributed by atoms with Gasteiger partial charge in [-0.3, -0.25) is 4.79 Å². The van der Waals surface area contributed by atoms with Gasteiger partial charge < -0.3 is 10.6 Å². The number of hydrogen-bond acceptors (Lipinski definition) is 4. The van der Waals surface area contributed by atoms with Crippen LogP contribution in [0.1, 0.15) is 21.6 Å². The number of halogens is 3. The molecule has 0 spiro atoms. The van der Waals surface area contributed by atoms with Gasteiger partial charge in [0.1, 0.15) is 17.8 Å². The van der Waals surface area contributed by atoms with E-state index < -0.39 is 17.6 Å². The highest BCUT2D eigenvalue weighted by molar-refractivity contribution is 6.03. The highest BCUT2D eigenvalue weighted by Crippen LogP contribution is 2.34. The van der Waals surface area contributed by atoms with Gasteiger partial charge in [0, 0.05) is 11.8 Å². The summed E-state index contributed by atoms with van der Waals surface area (Å²) in [6.07, 6.45) is -3.41. The van der Waals surface area contributed by atoms with Crippen LogP contribution in [-0.2, 0) is 6.18 Å². The Labute approximate surface area is 153 Å². The van der Waals surface area contributed by atoms with Gasteiger partial charge in [-0.15, -0.1) is 0 Å². The number of benzene rings is 2. The molecule has 0 atom stereocenters. The van der Waals surface area contributed by atoms with Crippen molar-refractivity contribution in [1.29, 1.82) is 0 Å². The van der Waals surface area contributed by atoms with Crippen molar-refractivity contribution in [3.63, 3.8) is 0 Å². The smallest absolute Gasteiger partial charge is 0.340 e. The number of para-hydroxylation sites is 1. The first-order chi connectivity index (χ1) is 12.8. The number of nitrogens with one attached hydrogen (secondary N) is 2. The van der Waals surface area contributed by atoms with E-state index in [1.165, 1.54) is 30.6 Å². The summed E-state index contributed by atoms with van der Waals surface area (Å²) in [5.74, 6) is -0.413. The van der Waals surface area contributed by atoms with Crippen molar-refractivity contribution in [1.82, 2.24) is 9.97 Å². The predicted octanol–water partition coefficient (Wildman–Crippen LogP) is 4.80. The van der Waals surface area contributed by atoms with Crippen LogP contribution in [0.15, 0.2) is 60.9 Å². The van der Waals surface area contributed by atoms with Gasteiger partial charge in [0.15, 0.2) is 0 Å². The monoisotopic (exact) mass is 372 g/mol. The second-order valence-electron chi connectivity index (χ2n) is 5.78. The number of rotatable bonds is 4. The van der Waals surface area contributed by atoms with Crippen LogP contribution in [0.25, 0.3) is 0 Å². The first-order valence-electron chi connectivity index (χ1n) is 7.96. The largest absolute Gasteiger partial charge is 0.418 e. The van der Waals surface area contributed by atoms with Gasteiger partial charge in [0.25, 0.3) is 5.91 Å². The van der Waals surface area contributed by atoms with Gasteiger partial charge in [-0.25, -0.2) is 9.97 Å². The molecular formula is C19H15F3N4O. The molecule has 0 fully saturated rings. The molecule has 0 aliphatic rings. The van der Waals surface area contributed by atoms with Crippen LogP contribution >= 0.6 is 0 Å². The fraction of sp³-hybridized carbons (Fsp3) is 0.105. The normalized spacial score (nSPS) is 11.1. The summed E-state index contributed by atoms with van der Waals surface area (Å²) in [4.78, 5) is 20.2. The van der Waals surface area contributed by atoms with Crippen molar-refractivity contribution in [2.45, 2.75) is 13.1 Å². The number of aromatic nitrogens is 2. The van der Waals surface area contributed by atoms with E-state index in [0.29, 0.717) is 5.82 Å². The lowest BCUT2D eigenvalue weighted by Crippen LogP contribution is -2.18. The zero-order valence-electron chi connectivity index (χ0n) is 14.2. The third-order valence-electron chi connectivity index (χ3n) is 3.70. The number of carbonyl (C=O) groups excluding carboxylic acids is 1. The number of aryl methyl sites for hydroxylation is 1. The quantitative estimate of drug-likeness (QED) is 0.690. The minimum Gasteiger partial charge on any atom is -0.340 e. The third-order valence-corrected chi connectivity index (χ3v) is 3.70. The summed E-state index contributed by atoms with van der Waals surface area (Å²) < 4.78 is 39.1. The molecule has 8 heteroatoms. The van der Waals surface area contributed by atoms with E-state index in [9.17, 15) is 18.0 Å². The molecular weight excluding hydrogens is 357 g/mol. The molecule has 1 amide bonds. The topological polar surface area (TPSA) is 66.9 Å². The Morgan fingerprint density at radius 3 is 2.41 bits per heavy atom. The molecule has 0 saturated carbocycles. The maximum absolute atomic E-state index is 13.0. The molecule has 0 bridgehead atoms. The van der Waals surface area contributed by atoms with Crippen LogP contribution < -0.4 is 10.6 Å². The molecule has 1 heterocycles. The first-order valence-corrected chi connectivity index (χ1v) is 7.96. The lowest BCUT2D eigenvalue weighted by atomic mass is 10.1. The first kappa shape index (κ1) is 18.4. The van der Waals surface area contributed by atoms with Crippen molar-refractivity contribution in [2.75, 3.05) is 10.6 Å². The Morgan fingerprint density at radius 2 is 1.70 bits per heavy atom. The summed E-state index contributed by atoms with van der Waals surface area (Å²) in [5.41, 5.74) is 0.531. The zero-order valence-corrected chi connectivity index (χ0v) is 14.2. The van der Waals surface area contributed by atoms with E-state index in [2.05, 4.69) is 20.6 Å². The summed E-state index contributed by atoms with van der Waals surface area (Å²) in [5, 5.41) is 5.27. The minimum atomic E-state index is -4.58. The molecule has 138 valence electrons. The van der Waals surface area contributed by atoms with Gasteiger partial charge in [-0.1, -0.05) is 29.8 Å². The van der Waals surface area contributed by atoms with Crippen molar-refractivity contribution in [2.24, 2.45) is 0 Å². The van der Waals surface area contributed by atoms with Crippen molar-refractivity contribution < 1.29 is 18.0 Å². The zero-order chi connectivity index (χ0) is 19.4. The van der Waals surface area contributed by atoms with E-state index in [4.69, 9.17) is 0 Å². The van der Waals surface area contributed by atoms with Crippen LogP contribution in [-0.4, -0.2) is 15.9 Å². The lowest BCUT2D eigenvalue weighted by Gasteiger charge is -2.13. The predicted molar refractivity (Wildman–Crippen MR) is 95.9 cm³/mol. The van der Waals surface area contributed by atoms with Crippen LogP contribution in [0.4, 0.5) is 30.4 Å². The molecule has 27 heavy (non-hydrogen) atoms. The van der Waals surface area contributed by atoms with Crippen LogP contribution in [0, 0.1) is 6.92 Å². The van der Waals surface area contributed by atoms with E-state index in [1.54, 1.807) is 0 Å². The molecule has 0 unspecified atom stereocenters. The SMILES string of the molecule is Cc1ccc(Nc2cc(C(=O)Nc3ccccc3C(F)(F)F)ncn2)cc1. The van der Waals surface area contributed by atoms with Crippen LogP contribution in [0.3, 0.4) is 0 Å². The molecule has 0 radical (unpaired) electrons. The molecule has 3 rings (SSSR count). The number of alkyl halides is 3. The Kier molecular flexibility index (Phi) is 5.07. The fourth-order valence-electron chi connectivity index (χ4n) is 2.36. The number of anilines is 3. The van der Waals surface area contributed by atoms with Gasteiger partial charge in [0.05, 0.1) is 11.3 Å².